The lowest BCUT2D eigenvalue weighted by atomic mass is 10.2. The summed E-state index contributed by atoms with van der Waals surface area (Å²) in [6, 6.07) is 4.31. The molecule has 0 saturated carbocycles. The molecule has 1 heterocycles. The molecule has 1 aromatic rings. The fourth-order valence-electron chi connectivity index (χ4n) is 2.07. The second-order valence-electron chi connectivity index (χ2n) is 4.76. The number of carbonyl (C=O) groups excluding carboxylic acids is 1. The Bertz CT molecular complexity index is 516. The van der Waals surface area contributed by atoms with E-state index in [1.807, 2.05) is 0 Å². The molecule has 0 aromatic heterocycles. The highest BCUT2D eigenvalue weighted by molar-refractivity contribution is 8.23. The molecule has 6 heteroatoms. The molecular weight excluding hydrogens is 295 g/mol. The van der Waals surface area contributed by atoms with E-state index in [0.717, 1.165) is 17.4 Å². The van der Waals surface area contributed by atoms with Crippen LogP contribution in [0.4, 0.5) is 10.1 Å². The highest BCUT2D eigenvalue weighted by Gasteiger charge is 2.16. The first kappa shape index (κ1) is 15.3. The van der Waals surface area contributed by atoms with E-state index in [0.29, 0.717) is 11.3 Å². The minimum absolute atomic E-state index is 0.119. The van der Waals surface area contributed by atoms with E-state index in [-0.39, 0.29) is 17.5 Å². The Morgan fingerprint density at radius 2 is 2.15 bits per heavy atom. The molecule has 108 valence electrons. The van der Waals surface area contributed by atoms with Crippen LogP contribution >= 0.6 is 24.0 Å². The summed E-state index contributed by atoms with van der Waals surface area (Å²) in [4.78, 5) is 14.0. The van der Waals surface area contributed by atoms with Gasteiger partial charge in [-0.3, -0.25) is 4.79 Å². The molecule has 0 radical (unpaired) electrons. The van der Waals surface area contributed by atoms with Gasteiger partial charge in [-0.25, -0.2) is 4.39 Å². The number of hydrogen-bond donors (Lipinski definition) is 1. The van der Waals surface area contributed by atoms with Crippen molar-refractivity contribution in [3.63, 3.8) is 0 Å². The van der Waals surface area contributed by atoms with Gasteiger partial charge in [-0.2, -0.15) is 0 Å². The monoisotopic (exact) mass is 312 g/mol. The number of halogens is 1. The zero-order valence-electron chi connectivity index (χ0n) is 11.3. The van der Waals surface area contributed by atoms with Crippen molar-refractivity contribution in [3.05, 3.63) is 29.6 Å². The number of benzene rings is 1. The maximum Gasteiger partial charge on any atom is 0.234 e. The zero-order chi connectivity index (χ0) is 14.5. The zero-order valence-corrected chi connectivity index (χ0v) is 13.0. The lowest BCUT2D eigenvalue weighted by molar-refractivity contribution is -0.113. The van der Waals surface area contributed by atoms with Gasteiger partial charge in [0.2, 0.25) is 5.91 Å². The van der Waals surface area contributed by atoms with Gasteiger partial charge in [0.05, 0.1) is 5.75 Å². The number of hydrogen-bond acceptors (Lipinski definition) is 3. The van der Waals surface area contributed by atoms with Crippen molar-refractivity contribution in [2.75, 3.05) is 24.2 Å². The molecular formula is C14H17FN2OS2. The van der Waals surface area contributed by atoms with Crippen LogP contribution < -0.4 is 5.32 Å². The highest BCUT2D eigenvalue weighted by atomic mass is 32.2. The van der Waals surface area contributed by atoms with Gasteiger partial charge >= 0.3 is 0 Å². The van der Waals surface area contributed by atoms with Crippen LogP contribution in [0, 0.1) is 12.7 Å². The van der Waals surface area contributed by atoms with Crippen molar-refractivity contribution in [2.45, 2.75) is 19.8 Å². The van der Waals surface area contributed by atoms with Crippen molar-refractivity contribution in [1.82, 2.24) is 4.90 Å². The van der Waals surface area contributed by atoms with Crippen LogP contribution in [-0.4, -0.2) is 34.0 Å². The van der Waals surface area contributed by atoms with Crippen molar-refractivity contribution in [2.24, 2.45) is 0 Å². The third-order valence-electron chi connectivity index (χ3n) is 3.15. The van der Waals surface area contributed by atoms with Crippen molar-refractivity contribution >= 4 is 39.9 Å². The number of carbonyl (C=O) groups is 1. The van der Waals surface area contributed by atoms with Gasteiger partial charge in [0, 0.05) is 18.8 Å². The Balaban J connectivity index is 1.81. The van der Waals surface area contributed by atoms with Gasteiger partial charge in [-0.1, -0.05) is 24.0 Å². The Labute approximate surface area is 127 Å². The summed E-state index contributed by atoms with van der Waals surface area (Å²) < 4.78 is 13.8. The Hall–Kier alpha value is -1.14. The van der Waals surface area contributed by atoms with E-state index in [2.05, 4.69) is 10.2 Å². The normalized spacial score (nSPS) is 14.4. The molecule has 3 nitrogen and oxygen atoms in total. The average molecular weight is 312 g/mol. The Morgan fingerprint density at radius 3 is 2.80 bits per heavy atom. The predicted molar refractivity (Wildman–Crippen MR) is 85.6 cm³/mol. The summed E-state index contributed by atoms with van der Waals surface area (Å²) in [5, 5.41) is 2.78. The largest absolute Gasteiger partial charge is 0.358 e. The van der Waals surface area contributed by atoms with E-state index < -0.39 is 0 Å². The Kier molecular flexibility index (Phi) is 5.37. The van der Waals surface area contributed by atoms with Crippen LogP contribution in [0.1, 0.15) is 18.4 Å². The number of thiocarbonyl (C=S) groups is 1. The fourth-order valence-corrected chi connectivity index (χ4v) is 3.12. The molecule has 20 heavy (non-hydrogen) atoms. The molecule has 2 rings (SSSR count). The van der Waals surface area contributed by atoms with E-state index in [1.54, 1.807) is 13.0 Å². The molecule has 0 spiro atoms. The lowest BCUT2D eigenvalue weighted by Gasteiger charge is -2.17. The van der Waals surface area contributed by atoms with Gasteiger partial charge in [-0.15, -0.1) is 0 Å². The maximum atomic E-state index is 13.0. The first-order valence-electron chi connectivity index (χ1n) is 6.54. The minimum atomic E-state index is -0.301. The highest BCUT2D eigenvalue weighted by Crippen LogP contribution is 2.18. The molecule has 1 N–H and O–H groups in total. The third-order valence-corrected chi connectivity index (χ3v) is 4.68. The van der Waals surface area contributed by atoms with E-state index in [1.165, 1.54) is 36.7 Å². The molecule has 0 aliphatic carbocycles. The molecule has 1 fully saturated rings. The average Bonchev–Trinajstić information content (AvgIpc) is 2.93. The molecule has 1 saturated heterocycles. The number of anilines is 1. The van der Waals surface area contributed by atoms with E-state index >= 15 is 0 Å². The van der Waals surface area contributed by atoms with Crippen molar-refractivity contribution in [3.8, 4) is 0 Å². The molecule has 0 atom stereocenters. The number of nitrogens with zero attached hydrogens (tertiary/aromatic N) is 1. The second-order valence-corrected chi connectivity index (χ2v) is 6.37. The first-order valence-corrected chi connectivity index (χ1v) is 7.93. The third kappa shape index (κ3) is 4.18. The predicted octanol–water partition coefficient (Wildman–Crippen LogP) is 3.19. The van der Waals surface area contributed by atoms with Crippen LogP contribution in [-0.2, 0) is 4.79 Å². The van der Waals surface area contributed by atoms with Gasteiger partial charge in [0.15, 0.2) is 0 Å². The van der Waals surface area contributed by atoms with E-state index in [4.69, 9.17) is 12.2 Å². The second kappa shape index (κ2) is 7.04. The minimum Gasteiger partial charge on any atom is -0.358 e. The quantitative estimate of drug-likeness (QED) is 0.869. The van der Waals surface area contributed by atoms with Crippen molar-refractivity contribution in [1.29, 1.82) is 0 Å². The molecule has 0 bridgehead atoms. The summed E-state index contributed by atoms with van der Waals surface area (Å²) in [5.74, 6) is -0.136. The van der Waals surface area contributed by atoms with Gasteiger partial charge < -0.3 is 10.2 Å². The summed E-state index contributed by atoms with van der Waals surface area (Å²) in [6.07, 6.45) is 2.34. The van der Waals surface area contributed by atoms with Crippen LogP contribution in [0.2, 0.25) is 0 Å². The number of thioether (sulfide) groups is 1. The smallest absolute Gasteiger partial charge is 0.234 e. The number of rotatable bonds is 3. The maximum absolute atomic E-state index is 13.0. The molecule has 1 aliphatic rings. The molecule has 1 amide bonds. The Morgan fingerprint density at radius 1 is 1.45 bits per heavy atom. The number of amides is 1. The van der Waals surface area contributed by atoms with Crippen LogP contribution in [0.15, 0.2) is 18.2 Å². The molecule has 1 aliphatic heterocycles. The summed E-state index contributed by atoms with van der Waals surface area (Å²) >= 11 is 6.68. The SMILES string of the molecule is Cc1cc(F)ccc1NC(=O)CSC(=S)N1CCCC1. The molecule has 0 unspecified atom stereocenters. The summed E-state index contributed by atoms with van der Waals surface area (Å²) in [5.41, 5.74) is 1.36. The van der Waals surface area contributed by atoms with Crippen molar-refractivity contribution < 1.29 is 9.18 Å². The summed E-state index contributed by atoms with van der Waals surface area (Å²) in [6.45, 7) is 3.75. The molecule has 1 aromatic carbocycles. The lowest BCUT2D eigenvalue weighted by Crippen LogP contribution is -2.25. The fraction of sp³-hybridized carbons (Fsp3) is 0.429. The van der Waals surface area contributed by atoms with Crippen LogP contribution in [0.5, 0.6) is 0 Å². The van der Waals surface area contributed by atoms with Crippen LogP contribution in [0.3, 0.4) is 0 Å². The number of nitrogens with one attached hydrogen (secondary N) is 1. The van der Waals surface area contributed by atoms with Crippen LogP contribution in [0.25, 0.3) is 0 Å². The standard InChI is InChI=1S/C14H17FN2OS2/c1-10-8-11(15)4-5-12(10)16-13(18)9-20-14(19)17-6-2-3-7-17/h4-5,8H,2-3,6-7,9H2,1H3,(H,16,18). The van der Waals surface area contributed by atoms with E-state index in [9.17, 15) is 9.18 Å². The first-order chi connectivity index (χ1) is 9.56. The number of likely N-dealkylation sites (tertiary alicyclic amines) is 1. The topological polar surface area (TPSA) is 32.3 Å². The van der Waals surface area contributed by atoms with Gasteiger partial charge in [0.1, 0.15) is 10.1 Å². The van der Waals surface area contributed by atoms with Gasteiger partial charge in [0.25, 0.3) is 0 Å². The number of aryl methyl sites for hydroxylation is 1. The van der Waals surface area contributed by atoms with Gasteiger partial charge in [-0.05, 0) is 43.5 Å². The summed E-state index contributed by atoms with van der Waals surface area (Å²) in [7, 11) is 0.